The number of fused-ring (bicyclic) bond motifs is 8. The van der Waals surface area contributed by atoms with E-state index in [1.54, 1.807) is 37.2 Å². The van der Waals surface area contributed by atoms with Crippen LogP contribution in [0.4, 0.5) is 5.69 Å². The van der Waals surface area contributed by atoms with E-state index in [2.05, 4.69) is 85.4 Å². The van der Waals surface area contributed by atoms with Crippen molar-refractivity contribution in [2.24, 2.45) is 0 Å². The first-order chi connectivity index (χ1) is 26.1. The summed E-state index contributed by atoms with van der Waals surface area (Å²) in [6.07, 6.45) is 20.2. The molecule has 6 aromatic heterocycles. The first kappa shape index (κ1) is 31.5. The summed E-state index contributed by atoms with van der Waals surface area (Å²) in [5.74, 6) is -0.268. The molecule has 252 valence electrons. The third-order valence-electron chi connectivity index (χ3n) is 9.29. The van der Waals surface area contributed by atoms with Crippen molar-refractivity contribution in [1.29, 1.82) is 0 Å². The molecule has 0 saturated heterocycles. The molecule has 0 aliphatic carbocycles. The Morgan fingerprint density at radius 3 is 1.25 bits per heavy atom. The van der Waals surface area contributed by atoms with Crippen molar-refractivity contribution in [2.75, 3.05) is 5.32 Å². The van der Waals surface area contributed by atoms with Crippen molar-refractivity contribution in [3.8, 4) is 44.5 Å². The molecule has 7 aromatic rings. The van der Waals surface area contributed by atoms with Crippen molar-refractivity contribution >= 4 is 58.0 Å². The summed E-state index contributed by atoms with van der Waals surface area (Å²) in [5.41, 5.74) is 15.0. The Balaban J connectivity index is 1.42. The van der Waals surface area contributed by atoms with Crippen molar-refractivity contribution in [3.05, 3.63) is 158 Å². The molecular formula is C44H30N8O. The van der Waals surface area contributed by atoms with Gasteiger partial charge in [-0.15, -0.1) is 0 Å². The molecule has 3 N–H and O–H groups in total. The number of carbonyl (C=O) groups is 1. The van der Waals surface area contributed by atoms with Gasteiger partial charge in [-0.25, -0.2) is 9.97 Å². The molecule has 0 unspecified atom stereocenters. The SMILES string of the molecule is C=CC(=O)Nc1ccc(-c2c3ccc([nH]3)c(-c3ccncc3)c3nc(c(-c4ccncc4)c4nc(c(-c5ccncc5)c5ccc2[nH]5)C=C4)C=C3)cc1. The van der Waals surface area contributed by atoms with Gasteiger partial charge < -0.3 is 15.3 Å². The second-order valence-electron chi connectivity index (χ2n) is 12.5. The number of hydrogen-bond donors (Lipinski definition) is 3. The zero-order chi connectivity index (χ0) is 35.7. The van der Waals surface area contributed by atoms with E-state index >= 15 is 0 Å². The molecule has 0 radical (unpaired) electrons. The summed E-state index contributed by atoms with van der Waals surface area (Å²) in [6, 6.07) is 28.1. The van der Waals surface area contributed by atoms with Crippen LogP contribution in [0.1, 0.15) is 22.8 Å². The molecule has 1 amide bonds. The molecule has 9 heteroatoms. The second kappa shape index (κ2) is 13.3. The van der Waals surface area contributed by atoms with Crippen LogP contribution < -0.4 is 5.32 Å². The fourth-order valence-corrected chi connectivity index (χ4v) is 6.89. The van der Waals surface area contributed by atoms with Crippen LogP contribution in [0.15, 0.2) is 135 Å². The molecule has 0 spiro atoms. The Bertz CT molecular complexity index is 2630. The number of anilines is 1. The van der Waals surface area contributed by atoms with Gasteiger partial charge in [-0.1, -0.05) is 18.7 Å². The number of nitrogens with one attached hydrogen (secondary N) is 3. The van der Waals surface area contributed by atoms with Gasteiger partial charge >= 0.3 is 0 Å². The minimum atomic E-state index is -0.268. The number of pyridine rings is 3. The highest BCUT2D eigenvalue weighted by Gasteiger charge is 2.19. The number of aromatic amines is 2. The molecule has 8 bridgehead atoms. The Kier molecular flexibility index (Phi) is 7.90. The predicted octanol–water partition coefficient (Wildman–Crippen LogP) is 9.63. The largest absolute Gasteiger partial charge is 0.354 e. The lowest BCUT2D eigenvalue weighted by atomic mass is 10.0. The first-order valence-corrected chi connectivity index (χ1v) is 17.0. The van der Waals surface area contributed by atoms with Crippen LogP contribution in [-0.4, -0.2) is 40.8 Å². The van der Waals surface area contributed by atoms with Gasteiger partial charge in [0.2, 0.25) is 5.91 Å². The van der Waals surface area contributed by atoms with Crippen molar-refractivity contribution in [3.63, 3.8) is 0 Å². The van der Waals surface area contributed by atoms with E-state index in [0.717, 1.165) is 89.4 Å². The smallest absolute Gasteiger partial charge is 0.247 e. The van der Waals surface area contributed by atoms with Gasteiger partial charge in [0.05, 0.1) is 22.8 Å². The molecule has 1 aromatic carbocycles. The van der Waals surface area contributed by atoms with Crippen LogP contribution in [0.3, 0.4) is 0 Å². The van der Waals surface area contributed by atoms with E-state index in [1.807, 2.05) is 60.7 Å². The van der Waals surface area contributed by atoms with Crippen LogP contribution in [0.25, 0.3) is 90.9 Å². The van der Waals surface area contributed by atoms with Gasteiger partial charge in [-0.05, 0) is 125 Å². The Labute approximate surface area is 304 Å². The third-order valence-corrected chi connectivity index (χ3v) is 9.29. The zero-order valence-corrected chi connectivity index (χ0v) is 28.3. The molecule has 53 heavy (non-hydrogen) atoms. The highest BCUT2D eigenvalue weighted by molar-refractivity contribution is 6.01. The van der Waals surface area contributed by atoms with Gasteiger partial charge in [0, 0.05) is 87.2 Å². The third kappa shape index (κ3) is 5.92. The molecule has 8 heterocycles. The average molecular weight is 687 g/mol. The maximum absolute atomic E-state index is 12.0. The highest BCUT2D eigenvalue weighted by atomic mass is 16.1. The number of aromatic nitrogens is 7. The fraction of sp³-hybridized carbons (Fsp3) is 0. The van der Waals surface area contributed by atoms with Gasteiger partial charge in [0.15, 0.2) is 0 Å². The van der Waals surface area contributed by atoms with E-state index in [-0.39, 0.29) is 5.91 Å². The molecule has 0 atom stereocenters. The molecule has 2 aliphatic heterocycles. The predicted molar refractivity (Wildman–Crippen MR) is 213 cm³/mol. The number of nitrogens with zero attached hydrogens (tertiary/aromatic N) is 5. The van der Waals surface area contributed by atoms with Crippen molar-refractivity contribution < 1.29 is 4.79 Å². The number of carbonyl (C=O) groups excluding carboxylic acids is 1. The highest BCUT2D eigenvalue weighted by Crippen LogP contribution is 2.38. The van der Waals surface area contributed by atoms with E-state index in [9.17, 15) is 4.79 Å². The van der Waals surface area contributed by atoms with Crippen LogP contribution in [-0.2, 0) is 4.79 Å². The molecule has 2 aliphatic rings. The van der Waals surface area contributed by atoms with Crippen LogP contribution in [0.2, 0.25) is 0 Å². The summed E-state index contributed by atoms with van der Waals surface area (Å²) in [5, 5.41) is 2.85. The molecule has 0 saturated carbocycles. The number of amides is 1. The zero-order valence-electron chi connectivity index (χ0n) is 28.3. The number of H-pyrrole nitrogens is 2. The van der Waals surface area contributed by atoms with Crippen molar-refractivity contribution in [2.45, 2.75) is 0 Å². The molecule has 9 nitrogen and oxygen atoms in total. The lowest BCUT2D eigenvalue weighted by Crippen LogP contribution is -2.06. The normalized spacial score (nSPS) is 11.8. The minimum absolute atomic E-state index is 0.268. The summed E-state index contributed by atoms with van der Waals surface area (Å²) in [7, 11) is 0. The summed E-state index contributed by atoms with van der Waals surface area (Å²) in [4.78, 5) is 43.0. The van der Waals surface area contributed by atoms with Crippen molar-refractivity contribution in [1.82, 2.24) is 34.9 Å². The average Bonchev–Trinajstić information content (AvgIpc) is 4.05. The first-order valence-electron chi connectivity index (χ1n) is 17.0. The maximum Gasteiger partial charge on any atom is 0.247 e. The molecular weight excluding hydrogens is 657 g/mol. The topological polar surface area (TPSA) is 125 Å². The summed E-state index contributed by atoms with van der Waals surface area (Å²) in [6.45, 7) is 3.57. The number of benzene rings is 1. The minimum Gasteiger partial charge on any atom is -0.354 e. The Morgan fingerprint density at radius 2 is 0.830 bits per heavy atom. The van der Waals surface area contributed by atoms with E-state index in [4.69, 9.17) is 9.97 Å². The van der Waals surface area contributed by atoms with Gasteiger partial charge in [-0.3, -0.25) is 19.7 Å². The summed E-state index contributed by atoms with van der Waals surface area (Å²) < 4.78 is 0. The van der Waals surface area contributed by atoms with Gasteiger partial charge in [0.1, 0.15) is 0 Å². The maximum atomic E-state index is 12.0. The van der Waals surface area contributed by atoms with Crippen LogP contribution in [0, 0.1) is 0 Å². The van der Waals surface area contributed by atoms with Gasteiger partial charge in [0.25, 0.3) is 0 Å². The Hall–Kier alpha value is -7.52. The number of hydrogen-bond acceptors (Lipinski definition) is 6. The summed E-state index contributed by atoms with van der Waals surface area (Å²) >= 11 is 0. The van der Waals surface area contributed by atoms with Crippen LogP contribution in [0.5, 0.6) is 0 Å². The van der Waals surface area contributed by atoms with E-state index in [0.29, 0.717) is 5.69 Å². The lowest BCUT2D eigenvalue weighted by molar-refractivity contribution is -0.111. The molecule has 9 rings (SSSR count). The second-order valence-corrected chi connectivity index (χ2v) is 12.5. The van der Waals surface area contributed by atoms with Crippen LogP contribution >= 0.6 is 0 Å². The van der Waals surface area contributed by atoms with E-state index in [1.165, 1.54) is 6.08 Å². The standard InChI is InChI=1S/C44H30N8O/c1-2-40(53)48-31-5-3-27(4-6-31)41-32-7-9-34(49-32)42(28-15-21-45-22-16-28)36-11-13-38(51-36)44(30-19-25-47-26-20-30)39-14-12-37(52-39)43(29-17-23-46-24-18-29)35-10-8-33(41)50-35/h2-26,49-50H,1H2,(H,48,53). The molecule has 0 fully saturated rings. The number of rotatable bonds is 6. The van der Waals surface area contributed by atoms with Gasteiger partial charge in [-0.2, -0.15) is 0 Å². The fourth-order valence-electron chi connectivity index (χ4n) is 6.89. The quantitative estimate of drug-likeness (QED) is 0.150. The van der Waals surface area contributed by atoms with E-state index < -0.39 is 0 Å². The lowest BCUT2D eigenvalue weighted by Gasteiger charge is -2.07. The Morgan fingerprint density at radius 1 is 0.472 bits per heavy atom. The monoisotopic (exact) mass is 686 g/mol.